The molecule has 1 aliphatic carbocycles. The highest BCUT2D eigenvalue weighted by Crippen LogP contribution is 2.52. The molecule has 0 amide bonds. The fourth-order valence-electron chi connectivity index (χ4n) is 1.16. The lowest BCUT2D eigenvalue weighted by Crippen LogP contribution is -1.86. The molecule has 0 radical (unpaired) electrons. The third-order valence-electron chi connectivity index (χ3n) is 2.32. The van der Waals surface area contributed by atoms with Crippen molar-refractivity contribution in [3.63, 3.8) is 0 Å². The summed E-state index contributed by atoms with van der Waals surface area (Å²) in [6, 6.07) is 2.10. The van der Waals surface area contributed by atoms with Crippen molar-refractivity contribution in [3.05, 3.63) is 24.3 Å². The van der Waals surface area contributed by atoms with Crippen LogP contribution in [0.4, 0.5) is 0 Å². The van der Waals surface area contributed by atoms with Crippen LogP contribution in [0.5, 0.6) is 0 Å². The van der Waals surface area contributed by atoms with Crippen LogP contribution in [0.1, 0.15) is 20.3 Å². The van der Waals surface area contributed by atoms with Gasteiger partial charge >= 0.3 is 0 Å². The number of nitrogens with zero attached hydrogens (tertiary/aromatic N) is 1. The molecule has 0 bridgehead atoms. The summed E-state index contributed by atoms with van der Waals surface area (Å²) in [5, 5.41) is 8.58. The van der Waals surface area contributed by atoms with E-state index in [0.717, 1.165) is 0 Å². The zero-order valence-corrected chi connectivity index (χ0v) is 7.09. The molecular formula is C10H13N. The molecule has 0 aliphatic heterocycles. The van der Waals surface area contributed by atoms with Crippen molar-refractivity contribution >= 4 is 0 Å². The van der Waals surface area contributed by atoms with E-state index in [1.807, 2.05) is 6.08 Å². The molecular weight excluding hydrogens is 134 g/mol. The standard InChI is InChI=1S/C10H13N/c1-4-8(7-11)5-9-6-10(9,2)3/h4-5,9H,1,6H2,2-3H3/b8-5-/t9-/m0/s1. The Morgan fingerprint density at radius 2 is 2.27 bits per heavy atom. The van der Waals surface area contributed by atoms with Gasteiger partial charge in [-0.2, -0.15) is 5.26 Å². The summed E-state index contributed by atoms with van der Waals surface area (Å²) in [5.74, 6) is 0.593. The minimum atomic E-state index is 0.422. The van der Waals surface area contributed by atoms with Gasteiger partial charge in [0.25, 0.3) is 0 Å². The Hall–Kier alpha value is -1.03. The number of nitriles is 1. The second-order valence-electron chi connectivity index (χ2n) is 3.74. The molecule has 0 aromatic rings. The van der Waals surface area contributed by atoms with E-state index < -0.39 is 0 Å². The average Bonchev–Trinajstić information content (AvgIpc) is 2.54. The van der Waals surface area contributed by atoms with Gasteiger partial charge in [0.1, 0.15) is 0 Å². The van der Waals surface area contributed by atoms with E-state index in [9.17, 15) is 0 Å². The van der Waals surface area contributed by atoms with Crippen LogP contribution in [0, 0.1) is 22.7 Å². The van der Waals surface area contributed by atoms with Crippen LogP contribution in [0.3, 0.4) is 0 Å². The predicted molar refractivity (Wildman–Crippen MR) is 45.8 cm³/mol. The van der Waals surface area contributed by atoms with Crippen LogP contribution in [0.25, 0.3) is 0 Å². The molecule has 1 saturated carbocycles. The van der Waals surface area contributed by atoms with Crippen LogP contribution in [-0.4, -0.2) is 0 Å². The van der Waals surface area contributed by atoms with Crippen molar-refractivity contribution in [2.45, 2.75) is 20.3 Å². The minimum absolute atomic E-state index is 0.422. The lowest BCUT2D eigenvalue weighted by molar-refractivity contribution is 0.609. The summed E-state index contributed by atoms with van der Waals surface area (Å²) in [7, 11) is 0. The van der Waals surface area contributed by atoms with Gasteiger partial charge in [-0.15, -0.1) is 0 Å². The summed E-state index contributed by atoms with van der Waals surface area (Å²) in [4.78, 5) is 0. The van der Waals surface area contributed by atoms with Gasteiger partial charge in [0.15, 0.2) is 0 Å². The van der Waals surface area contributed by atoms with E-state index in [2.05, 4.69) is 26.5 Å². The fraction of sp³-hybridized carbons (Fsp3) is 0.500. The summed E-state index contributed by atoms with van der Waals surface area (Å²) in [6.07, 6.45) is 4.84. The normalized spacial score (nSPS) is 27.4. The monoisotopic (exact) mass is 147 g/mol. The molecule has 0 spiro atoms. The summed E-state index contributed by atoms with van der Waals surface area (Å²) < 4.78 is 0. The minimum Gasteiger partial charge on any atom is -0.192 e. The zero-order valence-electron chi connectivity index (χ0n) is 7.09. The molecule has 11 heavy (non-hydrogen) atoms. The Balaban J connectivity index is 2.62. The van der Waals surface area contributed by atoms with Crippen molar-refractivity contribution in [1.82, 2.24) is 0 Å². The Labute approximate surface area is 68.0 Å². The van der Waals surface area contributed by atoms with Crippen LogP contribution < -0.4 is 0 Å². The summed E-state index contributed by atoms with van der Waals surface area (Å²) >= 11 is 0. The van der Waals surface area contributed by atoms with Gasteiger partial charge in [0, 0.05) is 5.57 Å². The van der Waals surface area contributed by atoms with Crippen molar-refractivity contribution in [2.24, 2.45) is 11.3 Å². The van der Waals surface area contributed by atoms with Crippen LogP contribution in [0.2, 0.25) is 0 Å². The largest absolute Gasteiger partial charge is 0.192 e. The lowest BCUT2D eigenvalue weighted by Gasteiger charge is -1.95. The molecule has 1 rings (SSSR count). The molecule has 58 valence electrons. The van der Waals surface area contributed by atoms with Crippen molar-refractivity contribution in [2.75, 3.05) is 0 Å². The second kappa shape index (κ2) is 2.54. The Kier molecular flexibility index (Phi) is 1.87. The Morgan fingerprint density at radius 1 is 1.73 bits per heavy atom. The number of hydrogen-bond acceptors (Lipinski definition) is 1. The van der Waals surface area contributed by atoms with Gasteiger partial charge in [0.05, 0.1) is 6.07 Å². The molecule has 0 heterocycles. The number of rotatable bonds is 2. The Bertz CT molecular complexity index is 240. The van der Waals surface area contributed by atoms with E-state index in [-0.39, 0.29) is 0 Å². The van der Waals surface area contributed by atoms with Gasteiger partial charge in [0.2, 0.25) is 0 Å². The van der Waals surface area contributed by atoms with E-state index in [1.165, 1.54) is 6.42 Å². The Morgan fingerprint density at radius 3 is 2.55 bits per heavy atom. The number of hydrogen-bond donors (Lipinski definition) is 0. The first kappa shape index (κ1) is 8.07. The highest BCUT2D eigenvalue weighted by molar-refractivity contribution is 5.33. The highest BCUT2D eigenvalue weighted by Gasteiger charge is 2.43. The molecule has 0 aromatic heterocycles. The molecule has 1 fully saturated rings. The molecule has 0 N–H and O–H groups in total. The topological polar surface area (TPSA) is 23.8 Å². The molecule has 1 aliphatic rings. The lowest BCUT2D eigenvalue weighted by atomic mass is 10.1. The van der Waals surface area contributed by atoms with Crippen molar-refractivity contribution < 1.29 is 0 Å². The maximum absolute atomic E-state index is 8.58. The maximum atomic E-state index is 8.58. The molecule has 0 aromatic carbocycles. The molecule has 1 nitrogen and oxygen atoms in total. The summed E-state index contributed by atoms with van der Waals surface area (Å²) in [6.45, 7) is 8.00. The van der Waals surface area contributed by atoms with Gasteiger partial charge in [-0.05, 0) is 17.8 Å². The van der Waals surface area contributed by atoms with E-state index in [4.69, 9.17) is 5.26 Å². The predicted octanol–water partition coefficient (Wildman–Crippen LogP) is 2.67. The van der Waals surface area contributed by atoms with Gasteiger partial charge in [-0.3, -0.25) is 0 Å². The molecule has 1 atom stereocenters. The maximum Gasteiger partial charge on any atom is 0.0988 e. The second-order valence-corrected chi connectivity index (χ2v) is 3.74. The third-order valence-corrected chi connectivity index (χ3v) is 2.32. The SMILES string of the molecule is C=C/C(C#N)=C/[C@H]1CC1(C)C. The van der Waals surface area contributed by atoms with E-state index in [1.54, 1.807) is 6.08 Å². The fourth-order valence-corrected chi connectivity index (χ4v) is 1.16. The van der Waals surface area contributed by atoms with E-state index >= 15 is 0 Å². The van der Waals surface area contributed by atoms with Gasteiger partial charge in [-0.25, -0.2) is 0 Å². The van der Waals surface area contributed by atoms with Crippen molar-refractivity contribution in [1.29, 1.82) is 5.26 Å². The molecule has 0 saturated heterocycles. The van der Waals surface area contributed by atoms with Gasteiger partial charge < -0.3 is 0 Å². The highest BCUT2D eigenvalue weighted by atomic mass is 14.5. The third kappa shape index (κ3) is 1.71. The average molecular weight is 147 g/mol. The molecule has 0 unspecified atom stereocenters. The van der Waals surface area contributed by atoms with Crippen LogP contribution >= 0.6 is 0 Å². The first-order valence-electron chi connectivity index (χ1n) is 3.84. The first-order valence-corrected chi connectivity index (χ1v) is 3.84. The number of allylic oxidation sites excluding steroid dienone is 3. The summed E-state index contributed by atoms with van der Waals surface area (Å²) in [5.41, 5.74) is 1.13. The van der Waals surface area contributed by atoms with Crippen molar-refractivity contribution in [3.8, 4) is 6.07 Å². The van der Waals surface area contributed by atoms with Gasteiger partial charge in [-0.1, -0.05) is 32.6 Å². The van der Waals surface area contributed by atoms with Crippen LogP contribution in [-0.2, 0) is 0 Å². The zero-order chi connectivity index (χ0) is 8.48. The first-order chi connectivity index (χ1) is 5.10. The van der Waals surface area contributed by atoms with Crippen LogP contribution in [0.15, 0.2) is 24.3 Å². The van der Waals surface area contributed by atoms with E-state index in [0.29, 0.717) is 16.9 Å². The molecule has 1 heteroatoms. The smallest absolute Gasteiger partial charge is 0.0988 e. The quantitative estimate of drug-likeness (QED) is 0.435.